The van der Waals surface area contributed by atoms with Gasteiger partial charge < -0.3 is 0 Å². The molecule has 2 rings (SSSR count). The first-order valence-corrected chi connectivity index (χ1v) is 5.41. The van der Waals surface area contributed by atoms with Crippen LogP contribution in [0.15, 0.2) is 18.2 Å². The highest BCUT2D eigenvalue weighted by Gasteiger charge is 2.26. The van der Waals surface area contributed by atoms with Crippen molar-refractivity contribution in [3.05, 3.63) is 35.4 Å². The molecule has 0 amide bonds. The first-order valence-electron chi connectivity index (χ1n) is 5.41. The van der Waals surface area contributed by atoms with Crippen molar-refractivity contribution in [2.24, 2.45) is 0 Å². The van der Waals surface area contributed by atoms with E-state index in [0.717, 1.165) is 25.9 Å². The van der Waals surface area contributed by atoms with Crippen LogP contribution in [0.5, 0.6) is 0 Å². The third-order valence-electron chi connectivity index (χ3n) is 3.09. The van der Waals surface area contributed by atoms with Crippen LogP contribution < -0.4 is 0 Å². The average molecular weight is 211 g/mol. The van der Waals surface area contributed by atoms with Crippen molar-refractivity contribution in [2.45, 2.75) is 25.8 Å². The van der Waals surface area contributed by atoms with Crippen LogP contribution in [0.4, 0.5) is 8.78 Å². The second-order valence-electron chi connectivity index (χ2n) is 3.95. The molecule has 1 fully saturated rings. The molecule has 0 aliphatic carbocycles. The molecule has 15 heavy (non-hydrogen) atoms. The summed E-state index contributed by atoms with van der Waals surface area (Å²) in [6.07, 6.45) is 1.99. The molecule has 0 radical (unpaired) electrons. The molecule has 1 saturated heterocycles. The fourth-order valence-corrected chi connectivity index (χ4v) is 2.33. The maximum atomic E-state index is 13.5. The van der Waals surface area contributed by atoms with Crippen LogP contribution in [0, 0.1) is 11.6 Å². The van der Waals surface area contributed by atoms with E-state index in [0.29, 0.717) is 5.56 Å². The van der Waals surface area contributed by atoms with Gasteiger partial charge in [-0.3, -0.25) is 4.90 Å². The van der Waals surface area contributed by atoms with E-state index in [4.69, 9.17) is 0 Å². The second kappa shape index (κ2) is 4.27. The van der Waals surface area contributed by atoms with E-state index in [1.165, 1.54) is 18.2 Å². The number of halogens is 2. The zero-order chi connectivity index (χ0) is 10.8. The Hall–Kier alpha value is -0.960. The van der Waals surface area contributed by atoms with Gasteiger partial charge in [0.1, 0.15) is 11.6 Å². The predicted molar refractivity (Wildman–Crippen MR) is 55.6 cm³/mol. The lowest BCUT2D eigenvalue weighted by atomic mass is 10.0. The minimum Gasteiger partial charge on any atom is -0.296 e. The topological polar surface area (TPSA) is 3.24 Å². The third kappa shape index (κ3) is 2.02. The minimum atomic E-state index is -0.352. The van der Waals surface area contributed by atoms with E-state index >= 15 is 0 Å². The molecule has 1 nitrogen and oxygen atoms in total. The third-order valence-corrected chi connectivity index (χ3v) is 3.09. The Morgan fingerprint density at radius 2 is 2.20 bits per heavy atom. The summed E-state index contributed by atoms with van der Waals surface area (Å²) in [7, 11) is 0. The van der Waals surface area contributed by atoms with Crippen LogP contribution >= 0.6 is 0 Å². The van der Waals surface area contributed by atoms with Crippen LogP contribution in [0.1, 0.15) is 31.4 Å². The van der Waals surface area contributed by atoms with Gasteiger partial charge in [-0.1, -0.05) is 6.92 Å². The molecule has 1 aliphatic rings. The van der Waals surface area contributed by atoms with Crippen LogP contribution in [0.3, 0.4) is 0 Å². The number of hydrogen-bond donors (Lipinski definition) is 0. The number of benzene rings is 1. The van der Waals surface area contributed by atoms with Crippen molar-refractivity contribution in [3.8, 4) is 0 Å². The molecule has 0 aromatic heterocycles. The molecule has 3 heteroatoms. The second-order valence-corrected chi connectivity index (χ2v) is 3.95. The zero-order valence-corrected chi connectivity index (χ0v) is 8.84. The van der Waals surface area contributed by atoms with Gasteiger partial charge in [0.05, 0.1) is 0 Å². The Labute approximate surface area is 88.7 Å². The Morgan fingerprint density at radius 1 is 1.40 bits per heavy atom. The molecule has 1 aromatic carbocycles. The van der Waals surface area contributed by atoms with Gasteiger partial charge >= 0.3 is 0 Å². The van der Waals surface area contributed by atoms with E-state index in [-0.39, 0.29) is 17.7 Å². The highest BCUT2D eigenvalue weighted by atomic mass is 19.1. The maximum absolute atomic E-state index is 13.5. The SMILES string of the molecule is CCN1CCCC1c1cc(F)ccc1F. The number of likely N-dealkylation sites (tertiary alicyclic amines) is 1. The summed E-state index contributed by atoms with van der Waals surface area (Å²) in [5.41, 5.74) is 0.509. The molecule has 1 unspecified atom stereocenters. The first kappa shape index (κ1) is 10.6. The van der Waals surface area contributed by atoms with Gasteiger partial charge in [-0.15, -0.1) is 0 Å². The Kier molecular flexibility index (Phi) is 3.00. The van der Waals surface area contributed by atoms with Crippen molar-refractivity contribution < 1.29 is 8.78 Å². The summed E-state index contributed by atoms with van der Waals surface area (Å²) in [5.74, 6) is -0.642. The van der Waals surface area contributed by atoms with Gasteiger partial charge in [0.15, 0.2) is 0 Å². The van der Waals surface area contributed by atoms with Gasteiger partial charge in [-0.2, -0.15) is 0 Å². The van der Waals surface area contributed by atoms with Crippen molar-refractivity contribution >= 4 is 0 Å². The van der Waals surface area contributed by atoms with Crippen molar-refractivity contribution in [3.63, 3.8) is 0 Å². The van der Waals surface area contributed by atoms with Gasteiger partial charge in [0.2, 0.25) is 0 Å². The van der Waals surface area contributed by atoms with E-state index < -0.39 is 0 Å². The van der Waals surface area contributed by atoms with Crippen LogP contribution in [-0.2, 0) is 0 Å². The minimum absolute atomic E-state index is 0.0608. The van der Waals surface area contributed by atoms with Crippen LogP contribution in [0.2, 0.25) is 0 Å². The van der Waals surface area contributed by atoms with Crippen molar-refractivity contribution in [1.29, 1.82) is 0 Å². The molecule has 0 bridgehead atoms. The molecular weight excluding hydrogens is 196 g/mol. The van der Waals surface area contributed by atoms with Gasteiger partial charge in [-0.25, -0.2) is 8.78 Å². The van der Waals surface area contributed by atoms with Gasteiger partial charge in [0.25, 0.3) is 0 Å². The zero-order valence-electron chi connectivity index (χ0n) is 8.84. The molecular formula is C12H15F2N. The molecule has 1 heterocycles. The molecule has 82 valence electrons. The van der Waals surface area contributed by atoms with Crippen molar-refractivity contribution in [1.82, 2.24) is 4.90 Å². The summed E-state index contributed by atoms with van der Waals surface area (Å²) in [4.78, 5) is 2.19. The van der Waals surface area contributed by atoms with Crippen LogP contribution in [-0.4, -0.2) is 18.0 Å². The number of rotatable bonds is 2. The Bertz CT molecular complexity index is 351. The number of nitrogens with zero attached hydrogens (tertiary/aromatic N) is 1. The highest BCUT2D eigenvalue weighted by Crippen LogP contribution is 2.33. The van der Waals surface area contributed by atoms with Gasteiger partial charge in [-0.05, 0) is 44.1 Å². The quantitative estimate of drug-likeness (QED) is 0.726. The fourth-order valence-electron chi connectivity index (χ4n) is 2.33. The lowest BCUT2D eigenvalue weighted by Gasteiger charge is -2.23. The van der Waals surface area contributed by atoms with E-state index in [9.17, 15) is 8.78 Å². The molecule has 0 spiro atoms. The summed E-state index contributed by atoms with van der Waals surface area (Å²) >= 11 is 0. The lowest BCUT2D eigenvalue weighted by molar-refractivity contribution is 0.265. The number of hydrogen-bond acceptors (Lipinski definition) is 1. The van der Waals surface area contributed by atoms with E-state index in [1.807, 2.05) is 0 Å². The molecule has 1 aliphatic heterocycles. The van der Waals surface area contributed by atoms with E-state index in [2.05, 4.69) is 11.8 Å². The average Bonchev–Trinajstić information content (AvgIpc) is 2.69. The summed E-state index contributed by atoms with van der Waals surface area (Å²) < 4.78 is 26.6. The van der Waals surface area contributed by atoms with Crippen molar-refractivity contribution in [2.75, 3.05) is 13.1 Å². The Morgan fingerprint density at radius 3 is 2.93 bits per heavy atom. The fraction of sp³-hybridized carbons (Fsp3) is 0.500. The molecule has 1 aromatic rings. The summed E-state index contributed by atoms with van der Waals surface area (Å²) in [5, 5.41) is 0. The van der Waals surface area contributed by atoms with Gasteiger partial charge in [0, 0.05) is 11.6 Å². The monoisotopic (exact) mass is 211 g/mol. The maximum Gasteiger partial charge on any atom is 0.128 e. The molecule has 1 atom stereocenters. The molecule has 0 saturated carbocycles. The summed E-state index contributed by atoms with van der Waals surface area (Å²) in [6.45, 7) is 3.92. The standard InChI is InChI=1S/C12H15F2N/c1-2-15-7-3-4-12(15)10-8-9(13)5-6-11(10)14/h5-6,8,12H,2-4,7H2,1H3. The molecule has 0 N–H and O–H groups in total. The van der Waals surface area contributed by atoms with Crippen LogP contribution in [0.25, 0.3) is 0 Å². The largest absolute Gasteiger partial charge is 0.296 e. The predicted octanol–water partition coefficient (Wildman–Crippen LogP) is 3.12. The Balaban J connectivity index is 2.31. The summed E-state index contributed by atoms with van der Waals surface area (Å²) in [6, 6.07) is 3.78. The smallest absolute Gasteiger partial charge is 0.128 e. The lowest BCUT2D eigenvalue weighted by Crippen LogP contribution is -2.23. The normalized spacial score (nSPS) is 22.2. The van der Waals surface area contributed by atoms with E-state index in [1.54, 1.807) is 0 Å². The first-order chi connectivity index (χ1) is 7.22. The highest BCUT2D eigenvalue weighted by molar-refractivity contribution is 5.23.